The van der Waals surface area contributed by atoms with Crippen molar-refractivity contribution in [3.05, 3.63) is 121 Å². The number of thiophene rings is 1. The van der Waals surface area contributed by atoms with E-state index in [-0.39, 0.29) is 0 Å². The van der Waals surface area contributed by atoms with Crippen molar-refractivity contribution in [2.45, 2.75) is 0 Å². The number of rotatable bonds is 3. The van der Waals surface area contributed by atoms with Gasteiger partial charge in [-0.2, -0.15) is 0 Å². The molecule has 0 saturated carbocycles. The summed E-state index contributed by atoms with van der Waals surface area (Å²) in [5.74, 6) is 3.48. The topological polar surface area (TPSA) is 44.2 Å². The van der Waals surface area contributed by atoms with Gasteiger partial charge in [-0.1, -0.05) is 78.9 Å². The number of hydrogen-bond acceptors (Lipinski definition) is 5. The highest BCUT2D eigenvalue weighted by molar-refractivity contribution is 7.25. The van der Waals surface area contributed by atoms with Crippen LogP contribution in [-0.4, -0.2) is 9.97 Å². The minimum atomic E-state index is 0.667. The monoisotopic (exact) mass is 520 g/mol. The number of hydrogen-bond donors (Lipinski definition) is 0. The lowest BCUT2D eigenvalue weighted by Crippen LogP contribution is -2.00. The van der Waals surface area contributed by atoms with E-state index in [9.17, 15) is 0 Å². The van der Waals surface area contributed by atoms with Gasteiger partial charge in [-0.15, -0.1) is 11.3 Å². The van der Waals surface area contributed by atoms with Crippen LogP contribution >= 0.6 is 11.3 Å². The Kier molecular flexibility index (Phi) is 4.96. The summed E-state index contributed by atoms with van der Waals surface area (Å²) in [6.45, 7) is 0. The molecule has 5 heteroatoms. The molecule has 0 aliphatic carbocycles. The van der Waals surface area contributed by atoms with Crippen LogP contribution in [0, 0.1) is 0 Å². The van der Waals surface area contributed by atoms with Crippen molar-refractivity contribution in [2.75, 3.05) is 0 Å². The molecule has 4 nitrogen and oxygen atoms in total. The summed E-state index contributed by atoms with van der Waals surface area (Å²) in [5.41, 5.74) is 4.62. The first-order valence-electron chi connectivity index (χ1n) is 12.7. The summed E-state index contributed by atoms with van der Waals surface area (Å²) in [6, 6.07) is 40.9. The Morgan fingerprint density at radius 1 is 0.436 bits per heavy atom. The lowest BCUT2D eigenvalue weighted by atomic mass is 10.1. The van der Waals surface area contributed by atoms with Crippen LogP contribution in [0.25, 0.3) is 54.1 Å². The number of fused-ring (bicyclic) bond motifs is 5. The third kappa shape index (κ3) is 3.83. The lowest BCUT2D eigenvalue weighted by molar-refractivity contribution is 0.360. The first-order valence-corrected chi connectivity index (χ1v) is 13.6. The largest absolute Gasteiger partial charge is 0.449 e. The molecule has 1 aliphatic heterocycles. The fraction of sp³-hybridized carbons (Fsp3) is 0. The fourth-order valence-electron chi connectivity index (χ4n) is 5.03. The highest BCUT2D eigenvalue weighted by atomic mass is 32.1. The van der Waals surface area contributed by atoms with Gasteiger partial charge in [0.1, 0.15) is 0 Å². The molecule has 0 atom stereocenters. The van der Waals surface area contributed by atoms with Crippen molar-refractivity contribution in [1.82, 2.24) is 9.97 Å². The summed E-state index contributed by atoms with van der Waals surface area (Å²) < 4.78 is 15.2. The van der Waals surface area contributed by atoms with Crippen LogP contribution in [-0.2, 0) is 0 Å². The highest BCUT2D eigenvalue weighted by Crippen LogP contribution is 2.50. The molecule has 184 valence electrons. The Morgan fingerprint density at radius 3 is 1.90 bits per heavy atom. The second kappa shape index (κ2) is 8.79. The zero-order valence-electron chi connectivity index (χ0n) is 20.7. The molecule has 7 aromatic rings. The van der Waals surface area contributed by atoms with Crippen molar-refractivity contribution in [3.63, 3.8) is 0 Å². The Hall–Kier alpha value is -5.00. The molecule has 0 bridgehead atoms. The molecule has 39 heavy (non-hydrogen) atoms. The van der Waals surface area contributed by atoms with E-state index in [4.69, 9.17) is 19.4 Å². The van der Waals surface area contributed by atoms with E-state index in [1.807, 2.05) is 72.8 Å². The molecule has 0 amide bonds. The predicted octanol–water partition coefficient (Wildman–Crippen LogP) is 9.74. The Balaban J connectivity index is 1.23. The van der Waals surface area contributed by atoms with Gasteiger partial charge in [0, 0.05) is 42.9 Å². The van der Waals surface area contributed by atoms with Crippen LogP contribution in [0.2, 0.25) is 0 Å². The summed E-state index contributed by atoms with van der Waals surface area (Å²) in [5, 5.41) is 2.40. The number of nitrogens with zero attached hydrogens (tertiary/aromatic N) is 2. The molecule has 2 aromatic heterocycles. The Labute approximate surface area is 228 Å². The maximum atomic E-state index is 6.43. The fourth-order valence-corrected chi connectivity index (χ4v) is 6.15. The van der Waals surface area contributed by atoms with Gasteiger partial charge in [0.25, 0.3) is 0 Å². The third-order valence-corrected chi connectivity index (χ3v) is 8.08. The van der Waals surface area contributed by atoms with Crippen LogP contribution in [0.15, 0.2) is 121 Å². The third-order valence-electron chi connectivity index (χ3n) is 6.95. The molecule has 0 fully saturated rings. The van der Waals surface area contributed by atoms with E-state index >= 15 is 0 Å². The molecule has 5 aromatic carbocycles. The lowest BCUT2D eigenvalue weighted by Gasteiger charge is -2.21. The summed E-state index contributed by atoms with van der Waals surface area (Å²) in [7, 11) is 0. The van der Waals surface area contributed by atoms with Crippen LogP contribution in [0.1, 0.15) is 0 Å². The van der Waals surface area contributed by atoms with Gasteiger partial charge >= 0.3 is 0 Å². The van der Waals surface area contributed by atoms with Gasteiger partial charge < -0.3 is 9.47 Å². The minimum Gasteiger partial charge on any atom is -0.449 e. The van der Waals surface area contributed by atoms with Gasteiger partial charge in [0.05, 0.1) is 11.4 Å². The first kappa shape index (κ1) is 22.0. The van der Waals surface area contributed by atoms with Crippen molar-refractivity contribution >= 4 is 31.5 Å². The van der Waals surface area contributed by atoms with E-state index in [1.165, 1.54) is 20.2 Å². The predicted molar refractivity (Wildman–Crippen MR) is 158 cm³/mol. The van der Waals surface area contributed by atoms with Crippen molar-refractivity contribution in [1.29, 1.82) is 0 Å². The molecule has 0 N–H and O–H groups in total. The van der Waals surface area contributed by atoms with E-state index in [1.54, 1.807) is 11.3 Å². The molecule has 0 spiro atoms. The zero-order valence-corrected chi connectivity index (χ0v) is 21.5. The van der Waals surface area contributed by atoms with Crippen molar-refractivity contribution in [2.24, 2.45) is 0 Å². The summed E-state index contributed by atoms with van der Waals surface area (Å²) in [4.78, 5) is 9.85. The summed E-state index contributed by atoms with van der Waals surface area (Å²) in [6.07, 6.45) is 0. The molecule has 0 radical (unpaired) electrons. The number of benzene rings is 5. The smallest absolute Gasteiger partial charge is 0.171 e. The Bertz CT molecular complexity index is 1960. The second-order valence-electron chi connectivity index (χ2n) is 9.45. The molecule has 1 aliphatic rings. The van der Waals surface area contributed by atoms with Gasteiger partial charge in [0.15, 0.2) is 28.8 Å². The molecule has 0 unspecified atom stereocenters. The summed E-state index contributed by atoms with van der Waals surface area (Å²) >= 11 is 1.76. The second-order valence-corrected chi connectivity index (χ2v) is 10.5. The van der Waals surface area contributed by atoms with Crippen LogP contribution < -0.4 is 9.47 Å². The number of aromatic nitrogens is 2. The average molecular weight is 521 g/mol. The maximum absolute atomic E-state index is 6.43. The van der Waals surface area contributed by atoms with Gasteiger partial charge in [-0.25, -0.2) is 9.97 Å². The van der Waals surface area contributed by atoms with Crippen LogP contribution in [0.3, 0.4) is 0 Å². The first-order chi connectivity index (χ1) is 19.3. The van der Waals surface area contributed by atoms with Gasteiger partial charge in [0.2, 0.25) is 0 Å². The van der Waals surface area contributed by atoms with Gasteiger partial charge in [-0.05, 0) is 36.4 Å². The average Bonchev–Trinajstić information content (AvgIpc) is 3.36. The molecule has 8 rings (SSSR count). The number of ether oxygens (including phenoxy) is 2. The van der Waals surface area contributed by atoms with Crippen molar-refractivity contribution in [3.8, 4) is 56.9 Å². The van der Waals surface area contributed by atoms with E-state index in [2.05, 4.69) is 48.5 Å². The van der Waals surface area contributed by atoms with Crippen LogP contribution in [0.4, 0.5) is 0 Å². The zero-order chi connectivity index (χ0) is 25.8. The van der Waals surface area contributed by atoms with E-state index in [0.29, 0.717) is 23.1 Å². The van der Waals surface area contributed by atoms with Gasteiger partial charge in [-0.3, -0.25) is 0 Å². The Morgan fingerprint density at radius 2 is 1.08 bits per heavy atom. The van der Waals surface area contributed by atoms with E-state index in [0.717, 1.165) is 33.8 Å². The van der Waals surface area contributed by atoms with Crippen molar-refractivity contribution < 1.29 is 9.47 Å². The molecular weight excluding hydrogens is 500 g/mol. The molecular formula is C34H20N2O2S. The molecule has 3 heterocycles. The van der Waals surface area contributed by atoms with Crippen LogP contribution in [0.5, 0.6) is 23.0 Å². The highest BCUT2D eigenvalue weighted by Gasteiger charge is 2.22. The maximum Gasteiger partial charge on any atom is 0.171 e. The van der Waals surface area contributed by atoms with E-state index < -0.39 is 0 Å². The SMILES string of the molecule is c1ccc(-c2cc(-c3ccc4c(c3)Oc3cc5c(cc3O4)sc3ccccc35)nc(-c3ccccc3)n2)cc1. The standard InChI is InChI=1S/C34H20N2O2S/c1-3-9-21(10-4-1)26-19-27(36-34(35-26)22-11-5-2-6-12-22)23-15-16-28-29(17-23)38-30-18-25-24-13-7-8-14-32(24)39-33(25)20-31(30)37-28/h1-20H. The quantitative estimate of drug-likeness (QED) is 0.233. The molecule has 0 saturated heterocycles. The normalized spacial score (nSPS) is 12.0. The minimum absolute atomic E-state index is 0.667.